The Morgan fingerprint density at radius 3 is 2.51 bits per heavy atom. The van der Waals surface area contributed by atoms with Gasteiger partial charge in [-0.25, -0.2) is 17.6 Å². The zero-order valence-corrected chi connectivity index (χ0v) is 25.4. The fourth-order valence-corrected chi connectivity index (χ4v) is 6.26. The van der Waals surface area contributed by atoms with Crippen molar-refractivity contribution in [1.29, 1.82) is 0 Å². The number of carbonyl (C=O) groups excluding carboxylic acids is 2. The van der Waals surface area contributed by atoms with Gasteiger partial charge in [0, 0.05) is 36.4 Å². The summed E-state index contributed by atoms with van der Waals surface area (Å²) < 4.78 is 53.5. The third kappa shape index (κ3) is 7.43. The number of aliphatic hydroxyl groups is 1. The first-order valence-electron chi connectivity index (χ1n) is 13.7. The molecule has 3 aromatic rings. The van der Waals surface area contributed by atoms with E-state index in [9.17, 15) is 27.5 Å². The van der Waals surface area contributed by atoms with Gasteiger partial charge in [-0.3, -0.25) is 9.52 Å². The predicted octanol–water partition coefficient (Wildman–Crippen LogP) is 3.54. The SMILES string of the molecule is Cc1noc(C)c1S(=O)(=O)Nc1ccc2c(c1)CC(=O)N([C@@H](C)CO)C[C@H](C)[C@@H](CN(C)C(=O)Nc1ccc(F)cc1)O2. The number of ether oxygens (including phenoxy) is 1. The molecular formula is C29H36FN5O7S. The number of amides is 3. The zero-order chi connectivity index (χ0) is 31.5. The molecule has 12 nitrogen and oxygen atoms in total. The van der Waals surface area contributed by atoms with E-state index in [1.807, 2.05) is 6.92 Å². The van der Waals surface area contributed by atoms with Crippen LogP contribution in [0.15, 0.2) is 51.9 Å². The maximum absolute atomic E-state index is 13.5. The molecule has 14 heteroatoms. The van der Waals surface area contributed by atoms with Gasteiger partial charge in [0.1, 0.15) is 23.4 Å². The lowest BCUT2D eigenvalue weighted by molar-refractivity contribution is -0.134. The monoisotopic (exact) mass is 617 g/mol. The Bertz CT molecular complexity index is 1560. The highest BCUT2D eigenvalue weighted by Gasteiger charge is 2.32. The van der Waals surface area contributed by atoms with Crippen LogP contribution in [0.2, 0.25) is 0 Å². The van der Waals surface area contributed by atoms with Crippen LogP contribution >= 0.6 is 0 Å². The lowest BCUT2D eigenvalue weighted by atomic mass is 10.0. The molecule has 2 aromatic carbocycles. The first-order chi connectivity index (χ1) is 20.3. The molecule has 232 valence electrons. The highest BCUT2D eigenvalue weighted by Crippen LogP contribution is 2.31. The lowest BCUT2D eigenvalue weighted by Gasteiger charge is -2.34. The summed E-state index contributed by atoms with van der Waals surface area (Å²) in [6.07, 6.45) is -0.701. The van der Waals surface area contributed by atoms with Gasteiger partial charge in [0.15, 0.2) is 10.7 Å². The maximum Gasteiger partial charge on any atom is 0.321 e. The molecule has 4 rings (SSSR count). The van der Waals surface area contributed by atoms with Gasteiger partial charge in [-0.15, -0.1) is 0 Å². The van der Waals surface area contributed by atoms with Gasteiger partial charge in [-0.1, -0.05) is 12.1 Å². The minimum absolute atomic E-state index is 0.0674. The number of halogens is 1. The summed E-state index contributed by atoms with van der Waals surface area (Å²) in [4.78, 5) is 29.3. The number of anilines is 2. The number of nitrogens with one attached hydrogen (secondary N) is 2. The first kappa shape index (κ1) is 31.8. The summed E-state index contributed by atoms with van der Waals surface area (Å²) in [6, 6.07) is 9.10. The number of carbonyl (C=O) groups is 2. The molecule has 0 aliphatic carbocycles. The number of aliphatic hydroxyl groups excluding tert-OH is 1. The molecule has 2 heterocycles. The maximum atomic E-state index is 13.5. The summed E-state index contributed by atoms with van der Waals surface area (Å²) in [7, 11) is -2.45. The molecule has 1 aliphatic rings. The number of aryl methyl sites for hydroxylation is 2. The molecule has 0 bridgehead atoms. The number of urea groups is 1. The number of fused-ring (bicyclic) bond motifs is 1. The Morgan fingerprint density at radius 1 is 1.21 bits per heavy atom. The summed E-state index contributed by atoms with van der Waals surface area (Å²) in [5.74, 6) is -0.468. The van der Waals surface area contributed by atoms with Crippen molar-refractivity contribution in [2.75, 3.05) is 36.8 Å². The fourth-order valence-electron chi connectivity index (χ4n) is 4.88. The van der Waals surface area contributed by atoms with Crippen molar-refractivity contribution in [3.8, 4) is 5.75 Å². The summed E-state index contributed by atoms with van der Waals surface area (Å²) in [6.45, 7) is 6.76. The van der Waals surface area contributed by atoms with Gasteiger partial charge in [-0.05, 0) is 63.2 Å². The largest absolute Gasteiger partial charge is 0.488 e. The smallest absolute Gasteiger partial charge is 0.321 e. The molecule has 1 aromatic heterocycles. The van der Waals surface area contributed by atoms with Gasteiger partial charge in [0.2, 0.25) is 5.91 Å². The number of nitrogens with zero attached hydrogens (tertiary/aromatic N) is 3. The molecule has 0 saturated carbocycles. The minimum atomic E-state index is -4.04. The number of hydrogen-bond donors (Lipinski definition) is 3. The normalized spacial score (nSPS) is 18.0. The molecule has 3 N–H and O–H groups in total. The van der Waals surface area contributed by atoms with E-state index < -0.39 is 34.0 Å². The average Bonchev–Trinajstić information content (AvgIpc) is 3.32. The highest BCUT2D eigenvalue weighted by atomic mass is 32.2. The lowest BCUT2D eigenvalue weighted by Crippen LogP contribution is -2.48. The van der Waals surface area contributed by atoms with Crippen LogP contribution < -0.4 is 14.8 Å². The van der Waals surface area contributed by atoms with E-state index in [-0.39, 0.29) is 60.0 Å². The predicted molar refractivity (Wildman–Crippen MR) is 157 cm³/mol. The molecule has 0 spiro atoms. The van der Waals surface area contributed by atoms with Crippen molar-refractivity contribution in [3.05, 3.63) is 65.3 Å². The first-order valence-corrected chi connectivity index (χ1v) is 15.2. The summed E-state index contributed by atoms with van der Waals surface area (Å²) in [5, 5.41) is 16.3. The van der Waals surface area contributed by atoms with Crippen LogP contribution in [0, 0.1) is 25.6 Å². The number of likely N-dealkylation sites (N-methyl/N-ethyl adjacent to an activating group) is 1. The van der Waals surface area contributed by atoms with E-state index in [4.69, 9.17) is 9.26 Å². The Labute approximate surface area is 249 Å². The average molecular weight is 618 g/mol. The summed E-state index contributed by atoms with van der Waals surface area (Å²) in [5.41, 5.74) is 1.27. The van der Waals surface area contributed by atoms with E-state index in [0.717, 1.165) is 0 Å². The van der Waals surface area contributed by atoms with Crippen molar-refractivity contribution in [2.24, 2.45) is 5.92 Å². The van der Waals surface area contributed by atoms with Crippen LogP contribution in [-0.2, 0) is 21.2 Å². The Balaban J connectivity index is 1.62. The van der Waals surface area contributed by atoms with Gasteiger partial charge in [0.05, 0.1) is 25.6 Å². The molecule has 1 aliphatic heterocycles. The molecule has 0 fully saturated rings. The van der Waals surface area contributed by atoms with Crippen molar-refractivity contribution < 1.29 is 36.8 Å². The summed E-state index contributed by atoms with van der Waals surface area (Å²) >= 11 is 0. The van der Waals surface area contributed by atoms with Crippen molar-refractivity contribution in [1.82, 2.24) is 15.0 Å². The number of hydrogen-bond acceptors (Lipinski definition) is 8. The van der Waals surface area contributed by atoms with Crippen molar-refractivity contribution in [2.45, 2.75) is 51.2 Å². The van der Waals surface area contributed by atoms with Crippen LogP contribution in [0.5, 0.6) is 5.75 Å². The number of aromatic nitrogens is 1. The zero-order valence-electron chi connectivity index (χ0n) is 24.6. The van der Waals surface area contributed by atoms with E-state index >= 15 is 0 Å². The van der Waals surface area contributed by atoms with Crippen molar-refractivity contribution >= 4 is 33.3 Å². The third-order valence-corrected chi connectivity index (χ3v) is 8.93. The van der Waals surface area contributed by atoms with Crippen LogP contribution in [0.3, 0.4) is 0 Å². The van der Waals surface area contributed by atoms with Crippen molar-refractivity contribution in [3.63, 3.8) is 0 Å². The topological polar surface area (TPSA) is 154 Å². The van der Waals surface area contributed by atoms with E-state index in [0.29, 0.717) is 17.0 Å². The number of rotatable bonds is 8. The number of sulfonamides is 1. The molecule has 43 heavy (non-hydrogen) atoms. The molecule has 0 unspecified atom stereocenters. The Morgan fingerprint density at radius 2 is 1.88 bits per heavy atom. The van der Waals surface area contributed by atoms with Gasteiger partial charge < -0.3 is 29.5 Å². The Kier molecular flexibility index (Phi) is 9.60. The van der Waals surface area contributed by atoms with E-state index in [1.54, 1.807) is 24.9 Å². The minimum Gasteiger partial charge on any atom is -0.488 e. The quantitative estimate of drug-likeness (QED) is 0.347. The van der Waals surface area contributed by atoms with Crippen LogP contribution in [0.25, 0.3) is 0 Å². The van der Waals surface area contributed by atoms with Gasteiger partial charge in [-0.2, -0.15) is 0 Å². The van der Waals surface area contributed by atoms with Gasteiger partial charge in [0.25, 0.3) is 10.0 Å². The molecular weight excluding hydrogens is 581 g/mol. The van der Waals surface area contributed by atoms with Gasteiger partial charge >= 0.3 is 6.03 Å². The number of benzene rings is 2. The second-order valence-electron chi connectivity index (χ2n) is 10.8. The van der Waals surface area contributed by atoms with E-state index in [1.165, 1.54) is 55.1 Å². The molecule has 3 amide bonds. The molecule has 0 saturated heterocycles. The standard InChI is InChI=1S/C29H36FN5O7S/c1-17-14-35(18(2)16-36)27(37)13-21-12-24(33-43(39,40)28-19(3)32-42-20(28)4)10-11-25(21)41-26(17)15-34(5)29(38)31-23-8-6-22(30)7-9-23/h6-12,17-18,26,33,36H,13-16H2,1-5H3,(H,31,38)/t17-,18-,26+/m0/s1. The Hall–Kier alpha value is -4.17. The molecule has 0 radical (unpaired) electrons. The van der Waals surface area contributed by atoms with Crippen LogP contribution in [-0.4, -0.2) is 79.3 Å². The second kappa shape index (κ2) is 13.0. The van der Waals surface area contributed by atoms with E-state index in [2.05, 4.69) is 15.2 Å². The fraction of sp³-hybridized carbons (Fsp3) is 0.414. The van der Waals surface area contributed by atoms with Crippen LogP contribution in [0.4, 0.5) is 20.6 Å². The third-order valence-electron chi connectivity index (χ3n) is 7.30. The van der Waals surface area contributed by atoms with Crippen LogP contribution in [0.1, 0.15) is 30.9 Å². The highest BCUT2D eigenvalue weighted by molar-refractivity contribution is 7.92. The second-order valence-corrected chi connectivity index (χ2v) is 12.4. The molecule has 3 atom stereocenters.